The van der Waals surface area contributed by atoms with Crippen LogP contribution in [-0.4, -0.2) is 15.0 Å². The fourth-order valence-corrected chi connectivity index (χ4v) is 3.57. The Morgan fingerprint density at radius 3 is 2.30 bits per heavy atom. The molecule has 8 heteroatoms. The second-order valence-electron chi connectivity index (χ2n) is 6.64. The van der Waals surface area contributed by atoms with E-state index in [1.807, 2.05) is 48.5 Å². The van der Waals surface area contributed by atoms with E-state index < -0.39 is 10.0 Å². The summed E-state index contributed by atoms with van der Waals surface area (Å²) in [6.07, 6.45) is 0.756. The third kappa shape index (κ3) is 7.31. The Hall–Kier alpha value is -2.09. The zero-order valence-electron chi connectivity index (χ0n) is 16.3. The maximum atomic E-state index is 11.3. The van der Waals surface area contributed by atoms with E-state index in [9.17, 15) is 8.42 Å². The van der Waals surface area contributed by atoms with Crippen molar-refractivity contribution in [3.63, 3.8) is 0 Å². The van der Waals surface area contributed by atoms with E-state index in [-0.39, 0.29) is 17.3 Å². The Morgan fingerprint density at radius 1 is 0.933 bits per heavy atom. The van der Waals surface area contributed by atoms with Crippen molar-refractivity contribution in [2.24, 2.45) is 5.14 Å². The lowest BCUT2D eigenvalue weighted by Gasteiger charge is -2.13. The minimum absolute atomic E-state index is 0. The molecular weight excluding hydrogens is 443 g/mol. The maximum absolute atomic E-state index is 11.3. The molecule has 0 fully saturated rings. The van der Waals surface area contributed by atoms with Crippen molar-refractivity contribution in [2.75, 3.05) is 6.54 Å². The van der Waals surface area contributed by atoms with E-state index in [0.29, 0.717) is 18.2 Å². The zero-order valence-corrected chi connectivity index (χ0v) is 18.6. The average molecular weight is 467 g/mol. The van der Waals surface area contributed by atoms with Gasteiger partial charge in [-0.15, -0.1) is 12.4 Å². The maximum Gasteiger partial charge on any atom is 0.238 e. The number of halogens is 2. The van der Waals surface area contributed by atoms with Crippen LogP contribution in [0.15, 0.2) is 77.7 Å². The topological polar surface area (TPSA) is 81.4 Å². The molecule has 0 radical (unpaired) electrons. The van der Waals surface area contributed by atoms with Crippen LogP contribution in [0.3, 0.4) is 0 Å². The van der Waals surface area contributed by atoms with Crippen molar-refractivity contribution in [1.82, 2.24) is 5.32 Å². The van der Waals surface area contributed by atoms with E-state index in [2.05, 4.69) is 5.32 Å². The Balaban J connectivity index is 0.00000320. The van der Waals surface area contributed by atoms with Gasteiger partial charge in [-0.25, -0.2) is 13.6 Å². The van der Waals surface area contributed by atoms with Crippen LogP contribution in [0.25, 0.3) is 0 Å². The molecule has 0 heterocycles. The summed E-state index contributed by atoms with van der Waals surface area (Å²) in [6, 6.07) is 22.2. The fourth-order valence-electron chi connectivity index (χ4n) is 2.86. The Kier molecular flexibility index (Phi) is 9.14. The van der Waals surface area contributed by atoms with Gasteiger partial charge in [-0.05, 0) is 54.4 Å². The van der Waals surface area contributed by atoms with Crippen LogP contribution in [0, 0.1) is 0 Å². The van der Waals surface area contributed by atoms with Crippen LogP contribution in [0.4, 0.5) is 0 Å². The molecule has 3 aromatic carbocycles. The molecule has 30 heavy (non-hydrogen) atoms. The van der Waals surface area contributed by atoms with Gasteiger partial charge >= 0.3 is 0 Å². The third-order valence-corrected chi connectivity index (χ3v) is 5.58. The number of hydrogen-bond acceptors (Lipinski definition) is 4. The fraction of sp³-hybridized carbons (Fsp3) is 0.182. The molecule has 0 unspecified atom stereocenters. The summed E-state index contributed by atoms with van der Waals surface area (Å²) in [6.45, 7) is 1.82. The van der Waals surface area contributed by atoms with Crippen molar-refractivity contribution in [3.8, 4) is 5.75 Å². The standard InChI is InChI=1S/C22H23ClN2O3S.ClH/c23-20-8-11-22(28-16-18-4-2-1-3-5-18)19(14-20)15-25-13-12-17-6-9-21(10-7-17)29(24,26)27;/h1-11,14,25H,12-13,15-16H2,(H2,24,26,27);1H. The zero-order chi connectivity index (χ0) is 20.7. The van der Waals surface area contributed by atoms with Gasteiger partial charge in [0.15, 0.2) is 0 Å². The molecule has 0 aliphatic carbocycles. The van der Waals surface area contributed by atoms with E-state index in [0.717, 1.165) is 35.4 Å². The molecule has 0 aliphatic rings. The minimum atomic E-state index is -3.66. The first kappa shape index (κ1) is 24.2. The summed E-state index contributed by atoms with van der Waals surface area (Å²) in [5.41, 5.74) is 3.11. The van der Waals surface area contributed by atoms with Crippen LogP contribution < -0.4 is 15.2 Å². The number of ether oxygens (including phenoxy) is 1. The predicted octanol–water partition coefficient (Wildman–Crippen LogP) is 4.32. The van der Waals surface area contributed by atoms with Crippen LogP contribution in [-0.2, 0) is 29.6 Å². The normalized spacial score (nSPS) is 11.0. The summed E-state index contributed by atoms with van der Waals surface area (Å²) >= 11 is 6.15. The monoisotopic (exact) mass is 466 g/mol. The highest BCUT2D eigenvalue weighted by Crippen LogP contribution is 2.24. The van der Waals surface area contributed by atoms with Crippen molar-refractivity contribution >= 4 is 34.0 Å². The van der Waals surface area contributed by atoms with Crippen molar-refractivity contribution in [3.05, 3.63) is 94.5 Å². The van der Waals surface area contributed by atoms with Gasteiger partial charge in [0.2, 0.25) is 10.0 Å². The van der Waals surface area contributed by atoms with Gasteiger partial charge in [-0.3, -0.25) is 0 Å². The molecule has 0 spiro atoms. The number of hydrogen-bond donors (Lipinski definition) is 2. The molecule has 0 bridgehead atoms. The molecule has 0 aromatic heterocycles. The SMILES string of the molecule is Cl.NS(=O)(=O)c1ccc(CCNCc2cc(Cl)ccc2OCc2ccccc2)cc1. The van der Waals surface area contributed by atoms with Crippen LogP contribution in [0.5, 0.6) is 5.75 Å². The quantitative estimate of drug-likeness (QED) is 0.460. The molecule has 5 nitrogen and oxygen atoms in total. The molecule has 0 atom stereocenters. The van der Waals surface area contributed by atoms with Gasteiger partial charge in [0, 0.05) is 17.1 Å². The third-order valence-electron chi connectivity index (χ3n) is 4.42. The summed E-state index contributed by atoms with van der Waals surface area (Å²) in [4.78, 5) is 0.119. The highest BCUT2D eigenvalue weighted by Gasteiger charge is 2.08. The molecule has 0 saturated carbocycles. The molecule has 0 amide bonds. The molecule has 3 N–H and O–H groups in total. The first-order valence-corrected chi connectivity index (χ1v) is 11.1. The molecule has 0 aliphatic heterocycles. The van der Waals surface area contributed by atoms with Gasteiger partial charge in [0.1, 0.15) is 12.4 Å². The highest BCUT2D eigenvalue weighted by molar-refractivity contribution is 7.89. The number of nitrogens with one attached hydrogen (secondary N) is 1. The summed E-state index contributed by atoms with van der Waals surface area (Å²) in [5.74, 6) is 0.795. The Morgan fingerprint density at radius 2 is 1.63 bits per heavy atom. The molecule has 3 aromatic rings. The summed E-state index contributed by atoms with van der Waals surface area (Å²) in [7, 11) is -3.66. The second kappa shape index (κ2) is 11.3. The van der Waals surface area contributed by atoms with Crippen LogP contribution >= 0.6 is 24.0 Å². The lowest BCUT2D eigenvalue weighted by atomic mass is 10.1. The minimum Gasteiger partial charge on any atom is -0.489 e. The van der Waals surface area contributed by atoms with Gasteiger partial charge in [-0.1, -0.05) is 54.1 Å². The summed E-state index contributed by atoms with van der Waals surface area (Å²) < 4.78 is 28.6. The lowest BCUT2D eigenvalue weighted by Crippen LogP contribution is -2.17. The molecule has 160 valence electrons. The molecule has 0 saturated heterocycles. The van der Waals surface area contributed by atoms with Crippen molar-refractivity contribution in [1.29, 1.82) is 0 Å². The van der Waals surface area contributed by atoms with E-state index in [1.165, 1.54) is 12.1 Å². The Bertz CT molecular complexity index is 1040. The number of rotatable bonds is 9. The van der Waals surface area contributed by atoms with Gasteiger partial charge in [0.05, 0.1) is 4.90 Å². The van der Waals surface area contributed by atoms with Crippen LogP contribution in [0.1, 0.15) is 16.7 Å². The number of nitrogens with two attached hydrogens (primary N) is 1. The van der Waals surface area contributed by atoms with Gasteiger partial charge in [0.25, 0.3) is 0 Å². The van der Waals surface area contributed by atoms with Gasteiger partial charge < -0.3 is 10.1 Å². The predicted molar refractivity (Wildman–Crippen MR) is 123 cm³/mol. The van der Waals surface area contributed by atoms with E-state index >= 15 is 0 Å². The van der Waals surface area contributed by atoms with E-state index in [4.69, 9.17) is 21.5 Å². The average Bonchev–Trinajstić information content (AvgIpc) is 2.71. The number of sulfonamides is 1. The van der Waals surface area contributed by atoms with Crippen molar-refractivity contribution < 1.29 is 13.2 Å². The van der Waals surface area contributed by atoms with Crippen molar-refractivity contribution in [2.45, 2.75) is 24.5 Å². The van der Waals surface area contributed by atoms with Gasteiger partial charge in [-0.2, -0.15) is 0 Å². The number of benzene rings is 3. The second-order valence-corrected chi connectivity index (χ2v) is 8.64. The highest BCUT2D eigenvalue weighted by atomic mass is 35.5. The van der Waals surface area contributed by atoms with E-state index in [1.54, 1.807) is 12.1 Å². The number of primary sulfonamides is 1. The Labute approximate surface area is 188 Å². The summed E-state index contributed by atoms with van der Waals surface area (Å²) in [5, 5.41) is 9.16. The molecular formula is C22H24Cl2N2O3S. The smallest absolute Gasteiger partial charge is 0.238 e. The largest absolute Gasteiger partial charge is 0.489 e. The lowest BCUT2D eigenvalue weighted by molar-refractivity contribution is 0.302. The first-order valence-electron chi connectivity index (χ1n) is 9.19. The first-order chi connectivity index (χ1) is 13.9. The molecule has 3 rings (SSSR count). The van der Waals surface area contributed by atoms with Crippen LogP contribution in [0.2, 0.25) is 5.02 Å².